The van der Waals surface area contributed by atoms with E-state index in [2.05, 4.69) is 34.2 Å². The van der Waals surface area contributed by atoms with Crippen LogP contribution < -0.4 is 10.6 Å². The Labute approximate surface area is 117 Å². The number of esters is 1. The van der Waals surface area contributed by atoms with E-state index < -0.39 is 0 Å². The molecular formula is C14H29N3O2. The summed E-state index contributed by atoms with van der Waals surface area (Å²) in [5, 5.41) is 6.54. The normalized spacial score (nSPS) is 12.9. The molecule has 1 unspecified atom stereocenters. The number of ether oxygens (including phenoxy) is 1. The van der Waals surface area contributed by atoms with Gasteiger partial charge >= 0.3 is 5.97 Å². The molecule has 19 heavy (non-hydrogen) atoms. The second-order valence-corrected chi connectivity index (χ2v) is 4.63. The van der Waals surface area contributed by atoms with E-state index in [1.54, 1.807) is 0 Å². The highest BCUT2D eigenvalue weighted by molar-refractivity contribution is 5.80. The maximum atomic E-state index is 11.0. The minimum Gasteiger partial charge on any atom is -0.469 e. The van der Waals surface area contributed by atoms with Gasteiger partial charge in [0.15, 0.2) is 5.96 Å². The lowest BCUT2D eigenvalue weighted by Crippen LogP contribution is -2.42. The number of aliphatic imine (C=N–C) groups is 1. The number of hydrogen-bond acceptors (Lipinski definition) is 3. The summed E-state index contributed by atoms with van der Waals surface area (Å²) in [5.74, 6) is 0.547. The van der Waals surface area contributed by atoms with E-state index in [9.17, 15) is 4.79 Å². The van der Waals surface area contributed by atoms with Crippen molar-refractivity contribution >= 4 is 11.9 Å². The molecule has 0 aliphatic rings. The molecule has 0 aliphatic heterocycles. The minimum absolute atomic E-state index is 0.226. The van der Waals surface area contributed by atoms with Gasteiger partial charge in [-0.3, -0.25) is 9.79 Å². The van der Waals surface area contributed by atoms with Crippen molar-refractivity contribution in [3.05, 3.63) is 0 Å². The van der Waals surface area contributed by atoms with Gasteiger partial charge in [-0.15, -0.1) is 0 Å². The Kier molecular flexibility index (Phi) is 11.0. The van der Waals surface area contributed by atoms with Gasteiger partial charge in [0, 0.05) is 12.6 Å². The monoisotopic (exact) mass is 271 g/mol. The number of unbranched alkanes of at least 4 members (excludes halogenated alkanes) is 2. The van der Waals surface area contributed by atoms with Crippen LogP contribution in [0, 0.1) is 0 Å². The molecule has 0 aromatic carbocycles. The number of nitrogens with zero attached hydrogens (tertiary/aromatic N) is 1. The van der Waals surface area contributed by atoms with Crippen molar-refractivity contribution in [2.45, 2.75) is 58.9 Å². The standard InChI is InChI=1S/C14H29N3O2/c1-5-7-8-9-12(3)17-14(15-6-2)16-11-10-13(18)19-4/h12H,5-11H2,1-4H3,(H2,15,16,17). The lowest BCUT2D eigenvalue weighted by atomic mass is 10.1. The Morgan fingerprint density at radius 1 is 1.32 bits per heavy atom. The maximum absolute atomic E-state index is 11.0. The quantitative estimate of drug-likeness (QED) is 0.292. The number of nitrogens with one attached hydrogen (secondary N) is 2. The molecule has 0 bridgehead atoms. The molecule has 0 rings (SSSR count). The molecule has 1 atom stereocenters. The van der Waals surface area contributed by atoms with Crippen molar-refractivity contribution in [1.82, 2.24) is 10.6 Å². The number of methoxy groups -OCH3 is 1. The summed E-state index contributed by atoms with van der Waals surface area (Å²) in [5.41, 5.74) is 0. The van der Waals surface area contributed by atoms with E-state index >= 15 is 0 Å². The summed E-state index contributed by atoms with van der Waals surface area (Å²) in [6.07, 6.45) is 5.18. The highest BCUT2D eigenvalue weighted by Gasteiger charge is 2.05. The van der Waals surface area contributed by atoms with E-state index in [0.29, 0.717) is 19.0 Å². The van der Waals surface area contributed by atoms with Gasteiger partial charge in [0.25, 0.3) is 0 Å². The van der Waals surface area contributed by atoms with Crippen molar-refractivity contribution in [1.29, 1.82) is 0 Å². The average molecular weight is 271 g/mol. The number of guanidine groups is 1. The van der Waals surface area contributed by atoms with Crippen molar-refractivity contribution in [2.24, 2.45) is 4.99 Å². The summed E-state index contributed by atoms with van der Waals surface area (Å²) in [4.78, 5) is 15.4. The van der Waals surface area contributed by atoms with Gasteiger partial charge in [0.2, 0.25) is 0 Å². The van der Waals surface area contributed by atoms with Crippen LogP contribution in [-0.2, 0) is 9.53 Å². The van der Waals surface area contributed by atoms with Gasteiger partial charge in [-0.2, -0.15) is 0 Å². The summed E-state index contributed by atoms with van der Waals surface area (Å²) in [7, 11) is 1.39. The summed E-state index contributed by atoms with van der Waals surface area (Å²) in [6.45, 7) is 7.65. The third kappa shape index (κ3) is 10.4. The fourth-order valence-electron chi connectivity index (χ4n) is 1.69. The zero-order valence-electron chi connectivity index (χ0n) is 12.8. The fourth-order valence-corrected chi connectivity index (χ4v) is 1.69. The number of hydrogen-bond donors (Lipinski definition) is 2. The van der Waals surface area contributed by atoms with Crippen molar-refractivity contribution in [2.75, 3.05) is 20.2 Å². The summed E-state index contributed by atoms with van der Waals surface area (Å²) < 4.78 is 4.59. The van der Waals surface area contributed by atoms with E-state index in [0.717, 1.165) is 18.9 Å². The Morgan fingerprint density at radius 2 is 2.05 bits per heavy atom. The maximum Gasteiger partial charge on any atom is 0.307 e. The molecule has 2 N–H and O–H groups in total. The van der Waals surface area contributed by atoms with Crippen LogP contribution in [-0.4, -0.2) is 38.2 Å². The van der Waals surface area contributed by atoms with Gasteiger partial charge < -0.3 is 15.4 Å². The minimum atomic E-state index is -0.226. The Hall–Kier alpha value is -1.26. The molecular weight excluding hydrogens is 242 g/mol. The van der Waals surface area contributed by atoms with E-state index in [1.165, 1.54) is 26.4 Å². The zero-order valence-corrected chi connectivity index (χ0v) is 12.8. The van der Waals surface area contributed by atoms with Crippen LogP contribution in [0.1, 0.15) is 52.9 Å². The first-order valence-electron chi connectivity index (χ1n) is 7.25. The molecule has 0 heterocycles. The molecule has 0 aromatic rings. The molecule has 0 fully saturated rings. The molecule has 5 heteroatoms. The SMILES string of the molecule is CCCCCC(C)NC(=NCCC(=O)OC)NCC. The van der Waals surface area contributed by atoms with E-state index in [1.807, 2.05) is 6.92 Å². The van der Waals surface area contributed by atoms with Gasteiger partial charge in [-0.25, -0.2) is 0 Å². The Bertz CT molecular complexity index is 267. The zero-order chi connectivity index (χ0) is 14.5. The molecule has 0 radical (unpaired) electrons. The largest absolute Gasteiger partial charge is 0.469 e. The average Bonchev–Trinajstić information content (AvgIpc) is 2.39. The highest BCUT2D eigenvalue weighted by atomic mass is 16.5. The first-order valence-corrected chi connectivity index (χ1v) is 7.25. The molecule has 0 saturated carbocycles. The third-order valence-corrected chi connectivity index (χ3v) is 2.78. The van der Waals surface area contributed by atoms with Crippen molar-refractivity contribution in [3.8, 4) is 0 Å². The van der Waals surface area contributed by atoms with Crippen LogP contribution in [0.25, 0.3) is 0 Å². The number of rotatable bonds is 9. The van der Waals surface area contributed by atoms with E-state index in [4.69, 9.17) is 0 Å². The van der Waals surface area contributed by atoms with Gasteiger partial charge in [-0.1, -0.05) is 26.2 Å². The molecule has 0 aliphatic carbocycles. The van der Waals surface area contributed by atoms with Gasteiger partial charge in [0.1, 0.15) is 0 Å². The molecule has 0 saturated heterocycles. The first-order chi connectivity index (χ1) is 9.13. The van der Waals surface area contributed by atoms with Crippen LogP contribution >= 0.6 is 0 Å². The van der Waals surface area contributed by atoms with Gasteiger partial charge in [0.05, 0.1) is 20.1 Å². The van der Waals surface area contributed by atoms with Crippen molar-refractivity contribution < 1.29 is 9.53 Å². The highest BCUT2D eigenvalue weighted by Crippen LogP contribution is 2.02. The van der Waals surface area contributed by atoms with Crippen LogP contribution in [0.4, 0.5) is 0 Å². The number of carbonyl (C=O) groups is 1. The smallest absolute Gasteiger partial charge is 0.307 e. The van der Waals surface area contributed by atoms with Crippen LogP contribution in [0.3, 0.4) is 0 Å². The lowest BCUT2D eigenvalue weighted by Gasteiger charge is -2.17. The van der Waals surface area contributed by atoms with Crippen LogP contribution in [0.2, 0.25) is 0 Å². The van der Waals surface area contributed by atoms with Crippen LogP contribution in [0.5, 0.6) is 0 Å². The second-order valence-electron chi connectivity index (χ2n) is 4.63. The molecule has 112 valence electrons. The Balaban J connectivity index is 4.07. The third-order valence-electron chi connectivity index (χ3n) is 2.78. The van der Waals surface area contributed by atoms with Crippen molar-refractivity contribution in [3.63, 3.8) is 0 Å². The number of carbonyl (C=O) groups excluding carboxylic acids is 1. The molecule has 0 spiro atoms. The Morgan fingerprint density at radius 3 is 2.63 bits per heavy atom. The summed E-state index contributed by atoms with van der Waals surface area (Å²) >= 11 is 0. The van der Waals surface area contributed by atoms with Gasteiger partial charge in [-0.05, 0) is 20.3 Å². The predicted molar refractivity (Wildman–Crippen MR) is 79.4 cm³/mol. The molecule has 5 nitrogen and oxygen atoms in total. The molecule has 0 amide bonds. The fraction of sp³-hybridized carbons (Fsp3) is 0.857. The summed E-state index contributed by atoms with van der Waals surface area (Å²) in [6, 6.07) is 0.391. The first kappa shape index (κ1) is 17.7. The van der Waals surface area contributed by atoms with E-state index in [-0.39, 0.29) is 5.97 Å². The topological polar surface area (TPSA) is 62.7 Å². The molecule has 0 aromatic heterocycles. The lowest BCUT2D eigenvalue weighted by molar-refractivity contribution is -0.140. The second kappa shape index (κ2) is 11.8. The predicted octanol–water partition coefficient (Wildman–Crippen LogP) is 2.07. The van der Waals surface area contributed by atoms with Crippen LogP contribution in [0.15, 0.2) is 4.99 Å².